The minimum Gasteiger partial charge on any atom is -0.453 e. The Bertz CT molecular complexity index is 2200. The Morgan fingerprint density at radius 1 is 0.672 bits per heavy atom. The number of imidazole rings is 2. The number of aromatic amines is 2. The minimum atomic E-state index is -0.824. The molecule has 16 nitrogen and oxygen atoms in total. The maximum Gasteiger partial charge on any atom is 0.407 e. The number of hydrogen-bond donors (Lipinski definition) is 4. The summed E-state index contributed by atoms with van der Waals surface area (Å²) in [5.41, 5.74) is 4.71. The predicted molar refractivity (Wildman–Crippen MR) is 228 cm³/mol. The van der Waals surface area contributed by atoms with Gasteiger partial charge in [0.15, 0.2) is 0 Å². The fraction of sp³-hybridized carbons (Fsp3) is 0.488. The second-order valence-corrected chi connectivity index (χ2v) is 16.5. The molecule has 2 aliphatic heterocycles. The molecule has 1 aliphatic carbocycles. The minimum absolute atomic E-state index is 0.0610. The maximum atomic E-state index is 14.0. The fourth-order valence-corrected chi connectivity index (χ4v) is 9.33. The van der Waals surface area contributed by atoms with Crippen molar-refractivity contribution < 1.29 is 38.1 Å². The molecule has 7 atom stereocenters. The average molecular weight is 880 g/mol. The van der Waals surface area contributed by atoms with Gasteiger partial charge in [-0.2, -0.15) is 0 Å². The highest BCUT2D eigenvalue weighted by Gasteiger charge is 2.51. The van der Waals surface area contributed by atoms with Gasteiger partial charge in [-0.25, -0.2) is 19.6 Å². The van der Waals surface area contributed by atoms with Gasteiger partial charge in [0.2, 0.25) is 11.8 Å². The molecule has 2 saturated heterocycles. The van der Waals surface area contributed by atoms with Crippen molar-refractivity contribution in [2.45, 2.75) is 88.1 Å². The zero-order chi connectivity index (χ0) is 43.4. The molecule has 2 aromatic heterocycles. The fourth-order valence-electron chi connectivity index (χ4n) is 8.83. The van der Waals surface area contributed by atoms with E-state index >= 15 is 0 Å². The standard InChI is InChI=1S/C43H52Cl2N8O8/c1-23-6-16-32(52(23)40(54)29(18-20-58-2)46-42(56)60-4)38-48-34(36(44)50-38)26-11-7-24(8-12-26)25-9-13-27(14-10-25)35-37(45)51-39(49-35)33-22-28-15-17-31(28)53(33)41(55)30(19-21-59-3)47-43(57)61-5/h7-14,23,28-33H,6,15-22H2,1-5H3,(H,46,56)(H,47,57)(H,48,50)(H,49,51). The van der Waals surface area contributed by atoms with Crippen molar-refractivity contribution in [3.8, 4) is 33.6 Å². The van der Waals surface area contributed by atoms with Gasteiger partial charge in [-0.1, -0.05) is 71.7 Å². The van der Waals surface area contributed by atoms with E-state index in [1.165, 1.54) is 14.2 Å². The Morgan fingerprint density at radius 3 is 1.57 bits per heavy atom. The summed E-state index contributed by atoms with van der Waals surface area (Å²) in [4.78, 5) is 72.0. The Labute approximate surface area is 364 Å². The van der Waals surface area contributed by atoms with Crippen molar-refractivity contribution >= 4 is 47.2 Å². The summed E-state index contributed by atoms with van der Waals surface area (Å²) in [6, 6.07) is 13.5. The number of fused-ring (bicyclic) bond motifs is 1. The van der Waals surface area contributed by atoms with Crippen LogP contribution in [-0.4, -0.2) is 120 Å². The highest BCUT2D eigenvalue weighted by Crippen LogP contribution is 2.50. The Kier molecular flexibility index (Phi) is 13.9. The van der Waals surface area contributed by atoms with E-state index in [2.05, 4.69) is 20.6 Å². The molecule has 0 bridgehead atoms. The van der Waals surface area contributed by atoms with Crippen LogP contribution >= 0.6 is 23.2 Å². The van der Waals surface area contributed by atoms with Crippen LogP contribution in [0.25, 0.3) is 33.6 Å². The SMILES string of the molecule is COCCC(NC(=O)OC)C(=O)N1C(C)CCC1c1nc(-c2ccc(-c3ccc(-c4nc(C5CC6CCC6N5C(=O)C(CCOC)NC(=O)OC)[nH]c4Cl)cc3)cc2)c(Cl)[nH]1. The summed E-state index contributed by atoms with van der Waals surface area (Å²) in [6.07, 6.45) is 3.33. The van der Waals surface area contributed by atoms with Crippen LogP contribution in [0.15, 0.2) is 48.5 Å². The summed E-state index contributed by atoms with van der Waals surface area (Å²) in [7, 11) is 5.62. The number of ether oxygens (including phenoxy) is 4. The highest BCUT2D eigenvalue weighted by atomic mass is 35.5. The van der Waals surface area contributed by atoms with E-state index in [0.29, 0.717) is 58.7 Å². The molecule has 0 spiro atoms. The van der Waals surface area contributed by atoms with E-state index in [1.54, 1.807) is 19.1 Å². The molecule has 2 aromatic carbocycles. The quantitative estimate of drug-likeness (QED) is 0.0961. The van der Waals surface area contributed by atoms with Gasteiger partial charge in [0.05, 0.1) is 26.3 Å². The normalized spacial score (nSPS) is 21.7. The average Bonchev–Trinajstić information content (AvgIpc) is 4.02. The number of alkyl carbamates (subject to hydrolysis) is 2. The van der Waals surface area contributed by atoms with Gasteiger partial charge in [0, 0.05) is 63.5 Å². The van der Waals surface area contributed by atoms with Crippen LogP contribution in [0.2, 0.25) is 10.3 Å². The van der Waals surface area contributed by atoms with Gasteiger partial charge < -0.3 is 49.3 Å². The third kappa shape index (κ3) is 9.22. The molecule has 0 radical (unpaired) electrons. The number of rotatable bonds is 15. The van der Waals surface area contributed by atoms with E-state index in [4.69, 9.17) is 52.1 Å². The smallest absolute Gasteiger partial charge is 0.407 e. The number of nitrogens with one attached hydrogen (secondary N) is 4. The third-order valence-corrected chi connectivity index (χ3v) is 12.7. The van der Waals surface area contributed by atoms with Crippen LogP contribution in [0.5, 0.6) is 0 Å². The number of H-pyrrole nitrogens is 2. The topological polar surface area (TPSA) is 193 Å². The lowest BCUT2D eigenvalue weighted by molar-refractivity contribution is -0.139. The largest absolute Gasteiger partial charge is 0.453 e. The van der Waals surface area contributed by atoms with E-state index in [1.807, 2.05) is 60.4 Å². The molecular formula is C43H52Cl2N8O8. The van der Waals surface area contributed by atoms with E-state index in [0.717, 1.165) is 47.9 Å². The van der Waals surface area contributed by atoms with Gasteiger partial charge >= 0.3 is 12.2 Å². The third-order valence-electron chi connectivity index (χ3n) is 12.2. The first-order valence-electron chi connectivity index (χ1n) is 20.5. The lowest BCUT2D eigenvalue weighted by Crippen LogP contribution is -2.53. The monoisotopic (exact) mass is 878 g/mol. The van der Waals surface area contributed by atoms with Crippen LogP contribution in [0.4, 0.5) is 9.59 Å². The summed E-state index contributed by atoms with van der Waals surface area (Å²) in [5.74, 6) is 1.09. The van der Waals surface area contributed by atoms with Crippen molar-refractivity contribution in [3.05, 3.63) is 70.5 Å². The predicted octanol–water partition coefficient (Wildman–Crippen LogP) is 7.07. The Hall–Kier alpha value is -5.16. The molecule has 4 aromatic rings. The number of likely N-dealkylation sites (tertiary alicyclic amines) is 2. The Morgan fingerprint density at radius 2 is 1.13 bits per heavy atom. The lowest BCUT2D eigenvalue weighted by atomic mass is 9.80. The van der Waals surface area contributed by atoms with E-state index in [9.17, 15) is 19.2 Å². The van der Waals surface area contributed by atoms with E-state index in [-0.39, 0.29) is 49.0 Å². The van der Waals surface area contributed by atoms with Crippen LogP contribution in [0.3, 0.4) is 0 Å². The number of carbonyl (C=O) groups is 4. The number of hydrogen-bond acceptors (Lipinski definition) is 10. The molecule has 4 amide bonds. The molecule has 4 N–H and O–H groups in total. The summed E-state index contributed by atoms with van der Waals surface area (Å²) < 4.78 is 20.0. The number of aromatic nitrogens is 4. The van der Waals surface area contributed by atoms with E-state index < -0.39 is 24.3 Å². The number of halogens is 2. The van der Waals surface area contributed by atoms with Crippen molar-refractivity contribution in [1.29, 1.82) is 0 Å². The molecule has 4 heterocycles. The summed E-state index contributed by atoms with van der Waals surface area (Å²) >= 11 is 13.5. The van der Waals surface area contributed by atoms with Crippen LogP contribution < -0.4 is 10.6 Å². The van der Waals surface area contributed by atoms with Crippen molar-refractivity contribution in [1.82, 2.24) is 40.4 Å². The van der Waals surface area contributed by atoms with Crippen molar-refractivity contribution in [3.63, 3.8) is 0 Å². The Balaban J connectivity index is 1.05. The molecule has 3 fully saturated rings. The number of amides is 4. The zero-order valence-corrected chi connectivity index (χ0v) is 36.3. The molecule has 18 heteroatoms. The first kappa shape index (κ1) is 43.9. The van der Waals surface area contributed by atoms with Gasteiger partial charge in [-0.15, -0.1) is 0 Å². The van der Waals surface area contributed by atoms with Gasteiger partial charge in [-0.3, -0.25) is 9.59 Å². The number of nitrogens with zero attached hydrogens (tertiary/aromatic N) is 4. The summed E-state index contributed by atoms with van der Waals surface area (Å²) in [6.45, 7) is 2.56. The van der Waals surface area contributed by atoms with Crippen LogP contribution in [-0.2, 0) is 28.5 Å². The molecule has 1 saturated carbocycles. The highest BCUT2D eigenvalue weighted by molar-refractivity contribution is 6.32. The molecule has 326 valence electrons. The second kappa shape index (κ2) is 19.3. The summed E-state index contributed by atoms with van der Waals surface area (Å²) in [5, 5.41) is 6.08. The molecule has 61 heavy (non-hydrogen) atoms. The molecular weight excluding hydrogens is 827 g/mol. The van der Waals surface area contributed by atoms with Crippen LogP contribution in [0.1, 0.15) is 75.6 Å². The number of carbonyl (C=O) groups excluding carboxylic acids is 4. The van der Waals surface area contributed by atoms with Crippen LogP contribution in [0, 0.1) is 5.92 Å². The number of benzene rings is 2. The van der Waals surface area contributed by atoms with Gasteiger partial charge in [0.1, 0.15) is 45.4 Å². The van der Waals surface area contributed by atoms with Crippen molar-refractivity contribution in [2.24, 2.45) is 5.92 Å². The second-order valence-electron chi connectivity index (χ2n) is 15.8. The van der Waals surface area contributed by atoms with Gasteiger partial charge in [-0.05, 0) is 56.1 Å². The first-order valence-corrected chi connectivity index (χ1v) is 21.2. The molecule has 3 aliphatic rings. The zero-order valence-electron chi connectivity index (χ0n) is 34.8. The van der Waals surface area contributed by atoms with Crippen molar-refractivity contribution in [2.75, 3.05) is 41.7 Å². The van der Waals surface area contributed by atoms with Gasteiger partial charge in [0.25, 0.3) is 0 Å². The lowest BCUT2D eigenvalue weighted by Gasteiger charge is -2.38. The number of methoxy groups -OCH3 is 4. The maximum absolute atomic E-state index is 14.0. The first-order chi connectivity index (χ1) is 29.5. The molecule has 7 rings (SSSR count). The molecule has 7 unspecified atom stereocenters.